The smallest absolute Gasteiger partial charge is 0.264 e. The molecule has 2 aromatic heterocycles. The van der Waals surface area contributed by atoms with Gasteiger partial charge in [-0.2, -0.15) is 0 Å². The number of fused-ring (bicyclic) bond motifs is 5. The highest BCUT2D eigenvalue weighted by Gasteiger charge is 2.34. The number of imide groups is 1. The Hall–Kier alpha value is -5.62. The molecule has 6 nitrogen and oxygen atoms in total. The molecule has 7 aromatic carbocycles. The predicted molar refractivity (Wildman–Crippen MR) is 223 cm³/mol. The molecule has 0 aliphatic carbocycles. The molecule has 9 aromatic rings. The quantitative estimate of drug-likeness (QED) is 0.0517. The maximum atomic E-state index is 14.5. The third-order valence-electron chi connectivity index (χ3n) is 12.3. The number of carbonyl (C=O) groups excluding carboxylic acids is 2. The molecule has 268 valence electrons. The van der Waals surface area contributed by atoms with E-state index >= 15 is 0 Å². The van der Waals surface area contributed by atoms with Crippen molar-refractivity contribution in [2.45, 2.75) is 84.0 Å². The van der Waals surface area contributed by atoms with Gasteiger partial charge in [-0.3, -0.25) is 23.7 Å². The molecule has 0 spiro atoms. The number of benzene rings is 7. The number of aromatic nitrogens is 2. The van der Waals surface area contributed by atoms with Crippen LogP contribution in [0.2, 0.25) is 0 Å². The molecule has 0 radical (unpaired) electrons. The zero-order valence-corrected chi connectivity index (χ0v) is 30.8. The highest BCUT2D eigenvalue weighted by Crippen LogP contribution is 2.46. The van der Waals surface area contributed by atoms with Crippen LogP contribution in [0.1, 0.15) is 105 Å². The fourth-order valence-corrected chi connectivity index (χ4v) is 9.67. The van der Waals surface area contributed by atoms with E-state index in [9.17, 15) is 14.4 Å². The molecule has 3 heterocycles. The molecule has 0 N–H and O–H groups in total. The largest absolute Gasteiger partial charge is 0.274 e. The first-order valence-electron chi connectivity index (χ1n) is 20.1. The molecular formula is C48H43N3O3. The Labute approximate surface area is 313 Å². The maximum absolute atomic E-state index is 14.5. The van der Waals surface area contributed by atoms with Gasteiger partial charge in [0.05, 0.1) is 11.0 Å². The number of pyridine rings is 1. The fourth-order valence-electron chi connectivity index (χ4n) is 9.67. The van der Waals surface area contributed by atoms with Gasteiger partial charge in [-0.15, -0.1) is 0 Å². The van der Waals surface area contributed by atoms with Crippen molar-refractivity contribution in [1.82, 2.24) is 14.3 Å². The summed E-state index contributed by atoms with van der Waals surface area (Å²) >= 11 is 0. The Morgan fingerprint density at radius 1 is 0.481 bits per heavy atom. The van der Waals surface area contributed by atoms with Gasteiger partial charge >= 0.3 is 0 Å². The van der Waals surface area contributed by atoms with Crippen molar-refractivity contribution in [3.05, 3.63) is 106 Å². The van der Waals surface area contributed by atoms with Gasteiger partial charge in [-0.25, -0.2) is 4.98 Å². The van der Waals surface area contributed by atoms with Gasteiger partial charge in [-0.1, -0.05) is 126 Å². The summed E-state index contributed by atoms with van der Waals surface area (Å²) < 4.78 is 1.77. The van der Waals surface area contributed by atoms with Crippen molar-refractivity contribution < 1.29 is 9.59 Å². The second-order valence-electron chi connectivity index (χ2n) is 15.5. The summed E-state index contributed by atoms with van der Waals surface area (Å²) in [4.78, 5) is 49.1. The lowest BCUT2D eigenvalue weighted by atomic mass is 9.83. The Morgan fingerprint density at radius 2 is 0.981 bits per heavy atom. The molecular weight excluding hydrogens is 667 g/mol. The van der Waals surface area contributed by atoms with E-state index < -0.39 is 0 Å². The van der Waals surface area contributed by atoms with Gasteiger partial charge in [0.15, 0.2) is 0 Å². The van der Waals surface area contributed by atoms with Crippen LogP contribution >= 0.6 is 0 Å². The number of unbranched alkanes of at least 4 members (excludes halogenated alkanes) is 11. The lowest BCUT2D eigenvalue weighted by Crippen LogP contribution is -2.40. The van der Waals surface area contributed by atoms with E-state index in [1.807, 2.05) is 60.7 Å². The zero-order valence-electron chi connectivity index (χ0n) is 30.8. The molecule has 0 saturated carbocycles. The lowest BCUT2D eigenvalue weighted by Gasteiger charge is -2.28. The standard InChI is InChI=1S/C48H43N3O3/c1-2-3-4-5-6-7-8-9-10-11-12-13-28-50-46(52)35-25-21-32-30-20-24-34-43-37(27-23-31(41(30)43)33-22-26-36(47(50)53)44(35)42(32)33)48(54)51-39-19-15-17-29-16-14-18-38(40(29)39)49-45(34)51/h14-27H,2-13,28H2,1H3. The molecule has 2 amide bonds. The molecule has 0 unspecified atom stereocenters. The van der Waals surface area contributed by atoms with Crippen molar-refractivity contribution in [3.63, 3.8) is 0 Å². The van der Waals surface area contributed by atoms with Crippen LogP contribution in [0.25, 0.3) is 81.3 Å². The molecule has 1 aliphatic rings. The van der Waals surface area contributed by atoms with Gasteiger partial charge in [0, 0.05) is 44.6 Å². The number of hydrogen-bond donors (Lipinski definition) is 0. The van der Waals surface area contributed by atoms with E-state index in [2.05, 4.69) is 31.2 Å². The maximum Gasteiger partial charge on any atom is 0.264 e. The number of amides is 2. The van der Waals surface area contributed by atoms with Crippen LogP contribution < -0.4 is 5.56 Å². The zero-order chi connectivity index (χ0) is 36.5. The van der Waals surface area contributed by atoms with Crippen LogP contribution in [0.5, 0.6) is 0 Å². The topological polar surface area (TPSA) is 71.8 Å². The van der Waals surface area contributed by atoms with Gasteiger partial charge in [0.25, 0.3) is 17.4 Å². The second kappa shape index (κ2) is 13.0. The Balaban J connectivity index is 1.00. The van der Waals surface area contributed by atoms with Gasteiger partial charge in [0.2, 0.25) is 0 Å². The number of carbonyl (C=O) groups is 2. The van der Waals surface area contributed by atoms with E-state index in [4.69, 9.17) is 4.98 Å². The summed E-state index contributed by atoms with van der Waals surface area (Å²) in [6.07, 6.45) is 14.8. The third-order valence-corrected chi connectivity index (χ3v) is 12.3. The summed E-state index contributed by atoms with van der Waals surface area (Å²) in [5.74, 6) is -0.404. The average molecular weight is 710 g/mol. The first kappa shape index (κ1) is 33.0. The summed E-state index contributed by atoms with van der Waals surface area (Å²) in [7, 11) is 0. The van der Waals surface area contributed by atoms with Crippen molar-refractivity contribution in [2.75, 3.05) is 6.54 Å². The average Bonchev–Trinajstić information content (AvgIpc) is 3.20. The van der Waals surface area contributed by atoms with Crippen LogP contribution in [0, 0.1) is 0 Å². The first-order chi connectivity index (χ1) is 26.6. The van der Waals surface area contributed by atoms with Crippen molar-refractivity contribution in [3.8, 4) is 0 Å². The Bertz CT molecular complexity index is 2940. The van der Waals surface area contributed by atoms with Gasteiger partial charge < -0.3 is 0 Å². The van der Waals surface area contributed by atoms with Gasteiger partial charge in [0.1, 0.15) is 5.65 Å². The number of hydrogen-bond acceptors (Lipinski definition) is 4. The SMILES string of the molecule is CCCCCCCCCCCCCCN1C(=O)c2ccc3c4ccc5c(=O)n6c7cccc8cccc(nc6c6ccc(c9ccc(c2c39)C1=O)c4c56)c87. The molecule has 0 saturated heterocycles. The predicted octanol–water partition coefficient (Wildman–Crippen LogP) is 11.9. The van der Waals surface area contributed by atoms with Crippen molar-refractivity contribution >= 4 is 93.1 Å². The highest BCUT2D eigenvalue weighted by atomic mass is 16.2. The van der Waals surface area contributed by atoms with E-state index in [0.717, 1.165) is 89.5 Å². The highest BCUT2D eigenvalue weighted by molar-refractivity contribution is 6.41. The lowest BCUT2D eigenvalue weighted by molar-refractivity contribution is 0.0607. The molecule has 10 rings (SSSR count). The molecule has 1 aliphatic heterocycles. The van der Waals surface area contributed by atoms with Crippen LogP contribution in [0.3, 0.4) is 0 Å². The van der Waals surface area contributed by atoms with E-state index in [0.29, 0.717) is 28.7 Å². The van der Waals surface area contributed by atoms with Crippen molar-refractivity contribution in [1.29, 1.82) is 0 Å². The van der Waals surface area contributed by atoms with E-state index in [1.165, 1.54) is 62.7 Å². The minimum absolute atomic E-state index is 0.0903. The summed E-state index contributed by atoms with van der Waals surface area (Å²) in [5, 5.41) is 11.2. The number of nitrogens with zero attached hydrogens (tertiary/aromatic N) is 3. The van der Waals surface area contributed by atoms with Crippen LogP contribution in [0.4, 0.5) is 0 Å². The Kier molecular flexibility index (Phi) is 7.97. The minimum atomic E-state index is -0.202. The van der Waals surface area contributed by atoms with Crippen LogP contribution in [-0.2, 0) is 0 Å². The van der Waals surface area contributed by atoms with E-state index in [-0.39, 0.29) is 17.4 Å². The van der Waals surface area contributed by atoms with Crippen LogP contribution in [0.15, 0.2) is 89.7 Å². The number of rotatable bonds is 13. The summed E-state index contributed by atoms with van der Waals surface area (Å²) in [6, 6.07) is 28.2. The fraction of sp³-hybridized carbons (Fsp3) is 0.292. The second-order valence-corrected chi connectivity index (χ2v) is 15.5. The van der Waals surface area contributed by atoms with Gasteiger partial charge in [-0.05, 0) is 80.5 Å². The normalized spacial score (nSPS) is 13.6. The van der Waals surface area contributed by atoms with Crippen molar-refractivity contribution in [2.24, 2.45) is 0 Å². The minimum Gasteiger partial charge on any atom is -0.274 e. The summed E-state index contributed by atoms with van der Waals surface area (Å²) in [6.45, 7) is 2.71. The molecule has 54 heavy (non-hydrogen) atoms. The molecule has 0 atom stereocenters. The Morgan fingerprint density at radius 3 is 1.61 bits per heavy atom. The monoisotopic (exact) mass is 709 g/mol. The first-order valence-corrected chi connectivity index (χ1v) is 20.1. The third kappa shape index (κ3) is 4.85. The van der Waals surface area contributed by atoms with Crippen LogP contribution in [-0.4, -0.2) is 32.6 Å². The summed E-state index contributed by atoms with van der Waals surface area (Å²) in [5.41, 5.74) is 3.44. The van der Waals surface area contributed by atoms with E-state index in [1.54, 1.807) is 4.40 Å². The molecule has 0 bridgehead atoms. The molecule has 6 heteroatoms. The molecule has 0 fully saturated rings.